The van der Waals surface area contributed by atoms with Crippen molar-refractivity contribution in [1.82, 2.24) is 4.90 Å². The molecule has 2 aliphatic rings. The zero-order valence-corrected chi connectivity index (χ0v) is 14.7. The van der Waals surface area contributed by atoms with E-state index in [1.807, 2.05) is 0 Å². The average Bonchev–Trinajstić information content (AvgIpc) is 3.31. The highest BCUT2D eigenvalue weighted by atomic mass is 16.3. The van der Waals surface area contributed by atoms with Crippen LogP contribution in [0.15, 0.2) is 53.1 Å². The van der Waals surface area contributed by atoms with Crippen molar-refractivity contribution in [2.24, 2.45) is 0 Å². The normalized spacial score (nSPS) is 21.0. The van der Waals surface area contributed by atoms with Crippen LogP contribution in [0.25, 0.3) is 11.0 Å². The van der Waals surface area contributed by atoms with Gasteiger partial charge in [-0.2, -0.15) is 0 Å². The quantitative estimate of drug-likeness (QED) is 0.683. The first-order valence-corrected chi connectivity index (χ1v) is 9.31. The predicted molar refractivity (Wildman–Crippen MR) is 102 cm³/mol. The van der Waals surface area contributed by atoms with E-state index >= 15 is 0 Å². The SMILES string of the molecule is CN1Cc2cc(N3CCCC3)ccc2C(c2ccc3occc3c2)C1. The fourth-order valence-electron chi connectivity index (χ4n) is 4.49. The second-order valence-electron chi connectivity index (χ2n) is 7.54. The van der Waals surface area contributed by atoms with Gasteiger partial charge in [0.2, 0.25) is 0 Å². The molecule has 1 atom stereocenters. The smallest absolute Gasteiger partial charge is 0.133 e. The topological polar surface area (TPSA) is 19.6 Å². The molecule has 128 valence electrons. The van der Waals surface area contributed by atoms with Crippen LogP contribution < -0.4 is 4.90 Å². The van der Waals surface area contributed by atoms with Gasteiger partial charge in [-0.15, -0.1) is 0 Å². The van der Waals surface area contributed by atoms with Crippen molar-refractivity contribution in [1.29, 1.82) is 0 Å². The number of hydrogen-bond donors (Lipinski definition) is 0. The van der Waals surface area contributed by atoms with Crippen molar-refractivity contribution in [3.05, 3.63) is 65.4 Å². The van der Waals surface area contributed by atoms with Crippen LogP contribution in [-0.4, -0.2) is 31.6 Å². The van der Waals surface area contributed by atoms with Crippen LogP contribution in [0.4, 0.5) is 5.69 Å². The lowest BCUT2D eigenvalue weighted by atomic mass is 9.84. The third-order valence-electron chi connectivity index (χ3n) is 5.79. The summed E-state index contributed by atoms with van der Waals surface area (Å²) in [4.78, 5) is 4.97. The van der Waals surface area contributed by atoms with Gasteiger partial charge in [-0.25, -0.2) is 0 Å². The van der Waals surface area contributed by atoms with E-state index in [-0.39, 0.29) is 0 Å². The number of nitrogens with zero attached hydrogens (tertiary/aromatic N) is 2. The van der Waals surface area contributed by atoms with E-state index < -0.39 is 0 Å². The Balaban J connectivity index is 1.55. The minimum atomic E-state index is 0.431. The molecule has 5 rings (SSSR count). The Hall–Kier alpha value is -2.26. The summed E-state index contributed by atoms with van der Waals surface area (Å²) in [6.07, 6.45) is 4.42. The molecule has 0 spiro atoms. The number of benzene rings is 2. The van der Waals surface area contributed by atoms with Crippen molar-refractivity contribution in [2.75, 3.05) is 31.6 Å². The molecule has 3 nitrogen and oxygen atoms in total. The van der Waals surface area contributed by atoms with E-state index in [1.54, 1.807) is 6.26 Å². The van der Waals surface area contributed by atoms with E-state index in [1.165, 1.54) is 53.7 Å². The maximum Gasteiger partial charge on any atom is 0.133 e. The van der Waals surface area contributed by atoms with E-state index in [4.69, 9.17) is 4.42 Å². The first-order chi connectivity index (χ1) is 12.3. The minimum Gasteiger partial charge on any atom is -0.464 e. The molecule has 1 unspecified atom stereocenters. The van der Waals surface area contributed by atoms with Gasteiger partial charge in [0.25, 0.3) is 0 Å². The van der Waals surface area contributed by atoms with E-state index in [0.29, 0.717) is 5.92 Å². The third-order valence-corrected chi connectivity index (χ3v) is 5.79. The van der Waals surface area contributed by atoms with Gasteiger partial charge in [-0.05, 0) is 66.9 Å². The third kappa shape index (κ3) is 2.63. The number of rotatable bonds is 2. The van der Waals surface area contributed by atoms with Gasteiger partial charge >= 0.3 is 0 Å². The van der Waals surface area contributed by atoms with Gasteiger partial charge < -0.3 is 14.2 Å². The second kappa shape index (κ2) is 5.92. The first kappa shape index (κ1) is 15.0. The van der Waals surface area contributed by atoms with Crippen molar-refractivity contribution in [2.45, 2.75) is 25.3 Å². The van der Waals surface area contributed by atoms with Gasteiger partial charge in [0.05, 0.1) is 6.26 Å². The van der Waals surface area contributed by atoms with E-state index in [9.17, 15) is 0 Å². The molecule has 0 bridgehead atoms. The Morgan fingerprint density at radius 1 is 1.00 bits per heavy atom. The molecule has 1 fully saturated rings. The van der Waals surface area contributed by atoms with Crippen LogP contribution in [0, 0.1) is 0 Å². The van der Waals surface area contributed by atoms with Crippen LogP contribution in [-0.2, 0) is 6.54 Å². The average molecular weight is 332 g/mol. The summed E-state index contributed by atoms with van der Waals surface area (Å²) in [5, 5.41) is 1.20. The molecule has 2 aromatic carbocycles. The van der Waals surface area contributed by atoms with Crippen LogP contribution in [0.2, 0.25) is 0 Å². The van der Waals surface area contributed by atoms with Gasteiger partial charge in [0.15, 0.2) is 0 Å². The summed E-state index contributed by atoms with van der Waals surface area (Å²) in [5.41, 5.74) is 6.73. The zero-order valence-electron chi connectivity index (χ0n) is 14.7. The number of hydrogen-bond acceptors (Lipinski definition) is 3. The van der Waals surface area contributed by atoms with Gasteiger partial charge in [0, 0.05) is 43.2 Å². The Kier molecular flexibility index (Phi) is 3.56. The van der Waals surface area contributed by atoms with Crippen LogP contribution in [0.5, 0.6) is 0 Å². The molecule has 0 amide bonds. The maximum atomic E-state index is 5.51. The highest BCUT2D eigenvalue weighted by Crippen LogP contribution is 2.36. The molecule has 0 aliphatic carbocycles. The lowest BCUT2D eigenvalue weighted by Crippen LogP contribution is -2.31. The Morgan fingerprint density at radius 3 is 2.76 bits per heavy atom. The van der Waals surface area contributed by atoms with Crippen LogP contribution in [0.1, 0.15) is 35.4 Å². The zero-order chi connectivity index (χ0) is 16.8. The molecule has 3 aromatic rings. The lowest BCUT2D eigenvalue weighted by Gasteiger charge is -2.33. The highest BCUT2D eigenvalue weighted by molar-refractivity contribution is 5.78. The Morgan fingerprint density at radius 2 is 1.88 bits per heavy atom. The van der Waals surface area contributed by atoms with Gasteiger partial charge in [-0.1, -0.05) is 12.1 Å². The predicted octanol–water partition coefficient (Wildman–Crippen LogP) is 4.61. The summed E-state index contributed by atoms with van der Waals surface area (Å²) in [6, 6.07) is 15.8. The molecule has 2 aliphatic heterocycles. The van der Waals surface area contributed by atoms with Crippen molar-refractivity contribution in [3.8, 4) is 0 Å². The number of likely N-dealkylation sites (N-methyl/N-ethyl adjacent to an activating group) is 1. The van der Waals surface area contributed by atoms with Gasteiger partial charge in [-0.3, -0.25) is 0 Å². The summed E-state index contributed by atoms with van der Waals surface area (Å²) < 4.78 is 5.51. The lowest BCUT2D eigenvalue weighted by molar-refractivity contribution is 0.295. The molecular formula is C22H24N2O. The molecule has 1 saturated heterocycles. The monoisotopic (exact) mass is 332 g/mol. The molecule has 3 heteroatoms. The molecule has 1 aromatic heterocycles. The fraction of sp³-hybridized carbons (Fsp3) is 0.364. The second-order valence-corrected chi connectivity index (χ2v) is 7.54. The number of anilines is 1. The van der Waals surface area contributed by atoms with Crippen molar-refractivity contribution < 1.29 is 4.42 Å². The summed E-state index contributed by atoms with van der Waals surface area (Å²) >= 11 is 0. The largest absolute Gasteiger partial charge is 0.464 e. The molecule has 3 heterocycles. The highest BCUT2D eigenvalue weighted by Gasteiger charge is 2.26. The van der Waals surface area contributed by atoms with Crippen LogP contribution >= 0.6 is 0 Å². The first-order valence-electron chi connectivity index (χ1n) is 9.31. The fourth-order valence-corrected chi connectivity index (χ4v) is 4.49. The van der Waals surface area contributed by atoms with E-state index in [2.05, 4.69) is 59.3 Å². The van der Waals surface area contributed by atoms with E-state index in [0.717, 1.165) is 18.7 Å². The number of furan rings is 1. The molecule has 0 radical (unpaired) electrons. The molecule has 25 heavy (non-hydrogen) atoms. The van der Waals surface area contributed by atoms with Crippen molar-refractivity contribution >= 4 is 16.7 Å². The number of fused-ring (bicyclic) bond motifs is 2. The van der Waals surface area contributed by atoms with Gasteiger partial charge in [0.1, 0.15) is 5.58 Å². The summed E-state index contributed by atoms with van der Waals surface area (Å²) in [7, 11) is 2.23. The van der Waals surface area contributed by atoms with Crippen molar-refractivity contribution in [3.63, 3.8) is 0 Å². The Bertz CT molecular complexity index is 907. The molecule has 0 N–H and O–H groups in total. The minimum absolute atomic E-state index is 0.431. The molecule has 0 saturated carbocycles. The standard InChI is InChI=1S/C22H24N2O/c1-23-14-18-13-19(24-9-2-3-10-24)5-6-20(18)21(15-23)16-4-7-22-17(12-16)8-11-25-22/h4-8,11-13,21H,2-3,9-10,14-15H2,1H3. The summed E-state index contributed by atoms with van der Waals surface area (Å²) in [5.74, 6) is 0.431. The maximum absolute atomic E-state index is 5.51. The molecular weight excluding hydrogens is 308 g/mol. The Labute approximate surface area is 148 Å². The summed E-state index contributed by atoms with van der Waals surface area (Å²) in [6.45, 7) is 4.52. The van der Waals surface area contributed by atoms with Crippen LogP contribution in [0.3, 0.4) is 0 Å².